The molecular formula is C62H41NO. The van der Waals surface area contributed by atoms with Crippen molar-refractivity contribution in [3.05, 3.63) is 249 Å². The summed E-state index contributed by atoms with van der Waals surface area (Å²) in [7, 11) is 0. The molecule has 0 N–H and O–H groups in total. The number of hydrogen-bond acceptors (Lipinski definition) is 2. The van der Waals surface area contributed by atoms with Crippen LogP contribution >= 0.6 is 0 Å². The Morgan fingerprint density at radius 2 is 0.891 bits per heavy atom. The van der Waals surface area contributed by atoms with E-state index in [4.69, 9.17) is 4.42 Å². The molecule has 2 heteroatoms. The Bertz CT molecular complexity index is 3850. The molecule has 0 atom stereocenters. The molecule has 12 aromatic rings. The van der Waals surface area contributed by atoms with Crippen LogP contribution in [0.4, 0.5) is 17.1 Å². The van der Waals surface area contributed by atoms with Gasteiger partial charge in [-0.15, -0.1) is 0 Å². The minimum Gasteiger partial charge on any atom is -0.455 e. The molecule has 0 saturated carbocycles. The molecule has 0 amide bonds. The summed E-state index contributed by atoms with van der Waals surface area (Å²) in [6.07, 6.45) is 0. The molecule has 0 aliphatic heterocycles. The highest BCUT2D eigenvalue weighted by Crippen LogP contribution is 2.45. The quantitative estimate of drug-likeness (QED) is 0.152. The van der Waals surface area contributed by atoms with Crippen molar-refractivity contribution < 1.29 is 9.90 Å². The number of anilines is 3. The van der Waals surface area contributed by atoms with Crippen LogP contribution in [-0.4, -0.2) is 0 Å². The van der Waals surface area contributed by atoms with E-state index in [9.17, 15) is 5.48 Å². The summed E-state index contributed by atoms with van der Waals surface area (Å²) in [5.74, 6) is 0. The van der Waals surface area contributed by atoms with Crippen LogP contribution in [0.3, 0.4) is 0 Å². The lowest BCUT2D eigenvalue weighted by Crippen LogP contribution is -2.10. The maximum Gasteiger partial charge on any atom is 0.143 e. The zero-order chi connectivity index (χ0) is 45.9. The largest absolute Gasteiger partial charge is 0.455 e. The molecule has 0 aliphatic carbocycles. The number of hydrogen-bond donors (Lipinski definition) is 0. The molecule has 1 aromatic heterocycles. The number of rotatable bonds is 8. The van der Waals surface area contributed by atoms with Crippen molar-refractivity contribution in [3.63, 3.8) is 0 Å². The van der Waals surface area contributed by atoms with Gasteiger partial charge in [0.2, 0.25) is 0 Å². The van der Waals surface area contributed by atoms with Crippen molar-refractivity contribution in [2.24, 2.45) is 0 Å². The van der Waals surface area contributed by atoms with Gasteiger partial charge < -0.3 is 9.32 Å². The van der Waals surface area contributed by atoms with Crippen molar-refractivity contribution >= 4 is 60.5 Å². The van der Waals surface area contributed by atoms with Crippen molar-refractivity contribution in [3.8, 4) is 55.6 Å². The predicted octanol–water partition coefficient (Wildman–Crippen LogP) is 17.7. The summed E-state index contributed by atoms with van der Waals surface area (Å²) in [5, 5.41) is 6.15. The number of nitrogens with zero attached hydrogens (tertiary/aromatic N) is 1. The normalized spacial score (nSPS) is 12.3. The van der Waals surface area contributed by atoms with Gasteiger partial charge in [0.15, 0.2) is 0 Å². The van der Waals surface area contributed by atoms with Crippen LogP contribution in [0.1, 0.15) is 5.48 Å². The summed E-state index contributed by atoms with van der Waals surface area (Å²) < 4.78 is 45.7. The third-order valence-electron chi connectivity index (χ3n) is 12.3. The second-order valence-corrected chi connectivity index (χ2v) is 16.2. The van der Waals surface area contributed by atoms with Crippen LogP contribution in [0, 0.1) is 0 Å². The summed E-state index contributed by atoms with van der Waals surface area (Å²) in [5.41, 5.74) is 12.0. The monoisotopic (exact) mass is 819 g/mol. The van der Waals surface area contributed by atoms with E-state index < -0.39 is 0 Å². The van der Waals surface area contributed by atoms with Gasteiger partial charge in [0, 0.05) is 22.1 Å². The molecule has 300 valence electrons. The lowest BCUT2D eigenvalue weighted by atomic mass is 9.91. The molecule has 1 heterocycles. The second-order valence-electron chi connectivity index (χ2n) is 16.2. The van der Waals surface area contributed by atoms with Gasteiger partial charge in [0.05, 0.1) is 16.6 Å². The lowest BCUT2D eigenvalue weighted by molar-refractivity contribution is 0.672. The fourth-order valence-corrected chi connectivity index (χ4v) is 9.12. The standard InChI is InChI=1S/C62H41NO/c1-3-13-47(14-4-1)55-38-33-52(41-58(55)48-15-5-2-6-16-48)46-30-36-54(37-31-46)63(59-20-11-21-60-61(59)57-39-32-49-17-9-10-19-56(49)62(57)64-60)53-34-28-44(29-35-53)43-22-24-45(25-23-43)51-27-26-42-12-7-8-18-50(42)40-51/h1-41H/i30D,31D,36D,37D. The van der Waals surface area contributed by atoms with Crippen LogP contribution in [0.25, 0.3) is 99.1 Å². The van der Waals surface area contributed by atoms with Crippen LogP contribution < -0.4 is 4.90 Å². The fraction of sp³-hybridized carbons (Fsp3) is 0. The van der Waals surface area contributed by atoms with E-state index in [2.05, 4.69) is 127 Å². The van der Waals surface area contributed by atoms with Crippen molar-refractivity contribution in [2.45, 2.75) is 0 Å². The van der Waals surface area contributed by atoms with Gasteiger partial charge >= 0.3 is 0 Å². The number of furan rings is 1. The van der Waals surface area contributed by atoms with Gasteiger partial charge in [-0.05, 0) is 126 Å². The Balaban J connectivity index is 1.01. The highest BCUT2D eigenvalue weighted by molar-refractivity contribution is 6.19. The van der Waals surface area contributed by atoms with Gasteiger partial charge in [0.25, 0.3) is 0 Å². The topological polar surface area (TPSA) is 16.4 Å². The Morgan fingerprint density at radius 1 is 0.328 bits per heavy atom. The minimum absolute atomic E-state index is 0.129. The molecule has 0 fully saturated rings. The zero-order valence-electron chi connectivity index (χ0n) is 38.7. The van der Waals surface area contributed by atoms with Gasteiger partial charge in [-0.2, -0.15) is 0 Å². The number of benzene rings is 11. The van der Waals surface area contributed by atoms with E-state index in [-0.39, 0.29) is 35.4 Å². The number of fused-ring (bicyclic) bond motifs is 6. The third kappa shape index (κ3) is 6.70. The van der Waals surface area contributed by atoms with E-state index in [1.54, 1.807) is 0 Å². The van der Waals surface area contributed by atoms with Gasteiger partial charge in [-0.3, -0.25) is 0 Å². The first kappa shape index (κ1) is 33.2. The van der Waals surface area contributed by atoms with E-state index >= 15 is 0 Å². The highest BCUT2D eigenvalue weighted by Gasteiger charge is 2.21. The first-order valence-electron chi connectivity index (χ1n) is 23.6. The first-order chi connectivity index (χ1) is 33.4. The maximum absolute atomic E-state index is 9.84. The Morgan fingerprint density at radius 3 is 1.62 bits per heavy atom. The van der Waals surface area contributed by atoms with Crippen LogP contribution in [0.5, 0.6) is 0 Å². The average Bonchev–Trinajstić information content (AvgIpc) is 3.80. The van der Waals surface area contributed by atoms with Crippen LogP contribution in [-0.2, 0) is 0 Å². The smallest absolute Gasteiger partial charge is 0.143 e. The molecule has 12 rings (SSSR count). The molecule has 11 aromatic carbocycles. The highest BCUT2D eigenvalue weighted by atomic mass is 16.3. The molecule has 0 radical (unpaired) electrons. The molecule has 0 unspecified atom stereocenters. The van der Waals surface area contributed by atoms with Gasteiger partial charge in [0.1, 0.15) is 11.2 Å². The predicted molar refractivity (Wildman–Crippen MR) is 271 cm³/mol. The van der Waals surface area contributed by atoms with Crippen LogP contribution in [0.15, 0.2) is 253 Å². The summed E-state index contributed by atoms with van der Waals surface area (Å²) in [6, 6.07) is 75.3. The van der Waals surface area contributed by atoms with Crippen LogP contribution in [0.2, 0.25) is 0 Å². The molecular weight excluding hydrogens is 775 g/mol. The molecule has 64 heavy (non-hydrogen) atoms. The summed E-state index contributed by atoms with van der Waals surface area (Å²) in [6.45, 7) is 0. The molecule has 0 spiro atoms. The van der Waals surface area contributed by atoms with Gasteiger partial charge in [-0.25, -0.2) is 0 Å². The van der Waals surface area contributed by atoms with E-state index in [0.717, 1.165) is 71.6 Å². The third-order valence-corrected chi connectivity index (χ3v) is 12.3. The zero-order valence-corrected chi connectivity index (χ0v) is 34.7. The minimum atomic E-state index is -0.155. The first-order valence-corrected chi connectivity index (χ1v) is 21.6. The summed E-state index contributed by atoms with van der Waals surface area (Å²) >= 11 is 0. The second kappa shape index (κ2) is 15.8. The maximum atomic E-state index is 9.84. The lowest BCUT2D eigenvalue weighted by Gasteiger charge is -2.26. The average molecular weight is 820 g/mol. The molecule has 0 saturated heterocycles. The molecule has 0 bridgehead atoms. The van der Waals surface area contributed by atoms with Crippen molar-refractivity contribution in [1.82, 2.24) is 0 Å². The molecule has 2 nitrogen and oxygen atoms in total. The van der Waals surface area contributed by atoms with Gasteiger partial charge in [-0.1, -0.05) is 194 Å². The fourth-order valence-electron chi connectivity index (χ4n) is 9.12. The van der Waals surface area contributed by atoms with E-state index in [0.29, 0.717) is 22.5 Å². The Labute approximate surface area is 378 Å². The molecule has 0 aliphatic rings. The SMILES string of the molecule is [2H]c1c([2H])c(N(c2ccc(-c3ccc(-c4ccc5ccccc5c4)cc3)cc2)c2cccc3oc4c5ccccc5ccc4c23)c([2H])c([2H])c1-c1ccc(-c2ccccc2)c(-c2ccccc2)c1. The van der Waals surface area contributed by atoms with E-state index in [1.807, 2.05) is 102 Å². The Kier molecular flexibility index (Phi) is 8.19. The summed E-state index contributed by atoms with van der Waals surface area (Å²) in [4.78, 5) is 1.87. The van der Waals surface area contributed by atoms with Crippen molar-refractivity contribution in [1.29, 1.82) is 0 Å². The van der Waals surface area contributed by atoms with Crippen molar-refractivity contribution in [2.75, 3.05) is 4.90 Å². The van der Waals surface area contributed by atoms with E-state index in [1.165, 1.54) is 10.8 Å². The Hall–Kier alpha value is -8.46.